The van der Waals surface area contributed by atoms with Crippen molar-refractivity contribution in [3.63, 3.8) is 0 Å². The van der Waals surface area contributed by atoms with Gasteiger partial charge in [-0.05, 0) is 19.4 Å². The Bertz CT molecular complexity index is 311. The molecule has 1 heterocycles. The third kappa shape index (κ3) is 3.82. The maximum Gasteiger partial charge on any atom is 0.128 e. The molecule has 4 heteroatoms. The van der Waals surface area contributed by atoms with Crippen LogP contribution < -0.4 is 5.32 Å². The molecule has 0 aliphatic carbocycles. The van der Waals surface area contributed by atoms with E-state index in [4.69, 9.17) is 4.74 Å². The van der Waals surface area contributed by atoms with Crippen molar-refractivity contribution in [2.24, 2.45) is 7.05 Å². The number of nitrogens with zero attached hydrogens (tertiary/aromatic N) is 2. The van der Waals surface area contributed by atoms with Gasteiger partial charge in [0, 0.05) is 26.6 Å². The van der Waals surface area contributed by atoms with Crippen LogP contribution in [0.15, 0.2) is 12.4 Å². The van der Waals surface area contributed by atoms with Crippen molar-refractivity contribution in [3.05, 3.63) is 18.2 Å². The first-order chi connectivity index (χ1) is 8.24. The van der Waals surface area contributed by atoms with Crippen LogP contribution in [0.4, 0.5) is 0 Å². The molecule has 4 nitrogen and oxygen atoms in total. The van der Waals surface area contributed by atoms with Gasteiger partial charge in [-0.25, -0.2) is 4.98 Å². The molecular formula is C13H25N3O. The molecule has 0 radical (unpaired) electrons. The third-order valence-corrected chi connectivity index (χ3v) is 3.00. The summed E-state index contributed by atoms with van der Waals surface area (Å²) in [6.07, 6.45) is 7.29. The van der Waals surface area contributed by atoms with Gasteiger partial charge in [0.1, 0.15) is 5.82 Å². The Morgan fingerprint density at radius 1 is 1.41 bits per heavy atom. The number of rotatable bonds is 8. The summed E-state index contributed by atoms with van der Waals surface area (Å²) in [6, 6.07) is 0.180. The maximum atomic E-state index is 5.61. The number of methoxy groups -OCH3 is 1. The normalized spacial score (nSPS) is 14.8. The minimum atomic E-state index is 0.180. The van der Waals surface area contributed by atoms with E-state index in [1.807, 2.05) is 19.4 Å². The molecule has 0 spiro atoms. The molecule has 17 heavy (non-hydrogen) atoms. The number of ether oxygens (including phenoxy) is 1. The lowest BCUT2D eigenvalue weighted by atomic mass is 10.1. The van der Waals surface area contributed by atoms with E-state index in [0.29, 0.717) is 0 Å². The zero-order valence-electron chi connectivity index (χ0n) is 11.4. The van der Waals surface area contributed by atoms with E-state index in [1.165, 1.54) is 0 Å². The Hall–Kier alpha value is -0.870. The van der Waals surface area contributed by atoms with Crippen LogP contribution in [0.5, 0.6) is 0 Å². The molecule has 0 aliphatic rings. The Morgan fingerprint density at radius 3 is 2.65 bits per heavy atom. The Morgan fingerprint density at radius 2 is 2.18 bits per heavy atom. The van der Waals surface area contributed by atoms with Crippen molar-refractivity contribution >= 4 is 0 Å². The van der Waals surface area contributed by atoms with Crippen LogP contribution in [-0.4, -0.2) is 29.3 Å². The van der Waals surface area contributed by atoms with Crippen molar-refractivity contribution in [1.29, 1.82) is 0 Å². The molecule has 0 aromatic carbocycles. The van der Waals surface area contributed by atoms with Crippen molar-refractivity contribution in [2.75, 3.05) is 13.7 Å². The summed E-state index contributed by atoms with van der Waals surface area (Å²) in [5.41, 5.74) is 0. The third-order valence-electron chi connectivity index (χ3n) is 3.00. The highest BCUT2D eigenvalue weighted by Crippen LogP contribution is 2.20. The Balaban J connectivity index is 2.82. The van der Waals surface area contributed by atoms with Gasteiger partial charge in [-0.3, -0.25) is 0 Å². The topological polar surface area (TPSA) is 39.1 Å². The smallest absolute Gasteiger partial charge is 0.128 e. The number of aromatic nitrogens is 2. The second-order valence-electron chi connectivity index (χ2n) is 4.39. The van der Waals surface area contributed by atoms with Gasteiger partial charge in [0.05, 0.1) is 12.1 Å². The largest absolute Gasteiger partial charge is 0.379 e. The molecule has 0 fully saturated rings. The van der Waals surface area contributed by atoms with Crippen molar-refractivity contribution < 1.29 is 4.74 Å². The monoisotopic (exact) mass is 239 g/mol. The summed E-state index contributed by atoms with van der Waals surface area (Å²) in [5.74, 6) is 1.05. The summed E-state index contributed by atoms with van der Waals surface area (Å²) in [6.45, 7) is 5.34. The van der Waals surface area contributed by atoms with E-state index < -0.39 is 0 Å². The number of imidazole rings is 1. The second-order valence-corrected chi connectivity index (χ2v) is 4.39. The van der Waals surface area contributed by atoms with E-state index in [2.05, 4.69) is 28.7 Å². The zero-order valence-corrected chi connectivity index (χ0v) is 11.4. The molecule has 0 saturated heterocycles. The summed E-state index contributed by atoms with van der Waals surface area (Å²) >= 11 is 0. The number of hydrogen-bond donors (Lipinski definition) is 1. The molecule has 1 aromatic rings. The van der Waals surface area contributed by atoms with Crippen LogP contribution in [0.3, 0.4) is 0 Å². The van der Waals surface area contributed by atoms with E-state index in [-0.39, 0.29) is 12.1 Å². The first-order valence-electron chi connectivity index (χ1n) is 6.47. The average molecular weight is 239 g/mol. The van der Waals surface area contributed by atoms with Crippen molar-refractivity contribution in [3.8, 4) is 0 Å². The Kier molecular flexibility index (Phi) is 6.22. The molecule has 1 N–H and O–H groups in total. The van der Waals surface area contributed by atoms with Gasteiger partial charge in [0.25, 0.3) is 0 Å². The van der Waals surface area contributed by atoms with Gasteiger partial charge in [0.2, 0.25) is 0 Å². The average Bonchev–Trinajstić information content (AvgIpc) is 2.75. The van der Waals surface area contributed by atoms with E-state index in [1.54, 1.807) is 7.11 Å². The van der Waals surface area contributed by atoms with Gasteiger partial charge < -0.3 is 14.6 Å². The highest BCUT2D eigenvalue weighted by atomic mass is 16.5. The van der Waals surface area contributed by atoms with Crippen LogP contribution in [-0.2, 0) is 11.8 Å². The highest BCUT2D eigenvalue weighted by Gasteiger charge is 2.24. The minimum absolute atomic E-state index is 0.180. The lowest BCUT2D eigenvalue weighted by molar-refractivity contribution is 0.0570. The molecule has 1 aromatic heterocycles. The Labute approximate surface area is 104 Å². The van der Waals surface area contributed by atoms with E-state index >= 15 is 0 Å². The number of nitrogens with one attached hydrogen (secondary N) is 1. The minimum Gasteiger partial charge on any atom is -0.379 e. The maximum absolute atomic E-state index is 5.61. The van der Waals surface area contributed by atoms with Crippen LogP contribution in [0.25, 0.3) is 0 Å². The molecule has 1 rings (SSSR count). The quantitative estimate of drug-likeness (QED) is 0.756. The van der Waals surface area contributed by atoms with Crippen LogP contribution in [0.1, 0.15) is 45.0 Å². The van der Waals surface area contributed by atoms with Crippen LogP contribution >= 0.6 is 0 Å². The van der Waals surface area contributed by atoms with Crippen molar-refractivity contribution in [1.82, 2.24) is 14.9 Å². The fourth-order valence-corrected chi connectivity index (χ4v) is 2.07. The standard InChI is InChI=1S/C13H25N3O/c1-5-7-11(17-4)12(14-8-6-2)13-15-9-10-16(13)3/h9-12,14H,5-8H2,1-4H3. The molecule has 0 amide bonds. The van der Waals surface area contributed by atoms with Gasteiger partial charge in [-0.1, -0.05) is 20.3 Å². The molecule has 0 saturated carbocycles. The molecule has 2 atom stereocenters. The fraction of sp³-hybridized carbons (Fsp3) is 0.769. The summed E-state index contributed by atoms with van der Waals surface area (Å²) in [5, 5.41) is 3.54. The van der Waals surface area contributed by atoms with E-state index in [9.17, 15) is 0 Å². The summed E-state index contributed by atoms with van der Waals surface area (Å²) in [4.78, 5) is 4.44. The predicted octanol–water partition coefficient (Wildman–Crippen LogP) is 2.28. The first kappa shape index (κ1) is 14.2. The molecular weight excluding hydrogens is 214 g/mol. The number of hydrogen-bond acceptors (Lipinski definition) is 3. The lowest BCUT2D eigenvalue weighted by Crippen LogP contribution is -2.35. The summed E-state index contributed by atoms with van der Waals surface area (Å²) in [7, 11) is 3.81. The van der Waals surface area contributed by atoms with Gasteiger partial charge in [0.15, 0.2) is 0 Å². The van der Waals surface area contributed by atoms with Crippen LogP contribution in [0.2, 0.25) is 0 Å². The van der Waals surface area contributed by atoms with Gasteiger partial charge >= 0.3 is 0 Å². The van der Waals surface area contributed by atoms with Gasteiger partial charge in [-0.15, -0.1) is 0 Å². The predicted molar refractivity (Wildman–Crippen MR) is 69.9 cm³/mol. The fourth-order valence-electron chi connectivity index (χ4n) is 2.07. The molecule has 2 unspecified atom stereocenters. The van der Waals surface area contributed by atoms with Crippen molar-refractivity contribution in [2.45, 2.75) is 45.3 Å². The summed E-state index contributed by atoms with van der Waals surface area (Å²) < 4.78 is 7.68. The second kappa shape index (κ2) is 7.45. The number of aryl methyl sites for hydroxylation is 1. The van der Waals surface area contributed by atoms with Gasteiger partial charge in [-0.2, -0.15) is 0 Å². The SMILES string of the molecule is CCCNC(c1nccn1C)C(CCC)OC. The highest BCUT2D eigenvalue weighted by molar-refractivity contribution is 5.01. The molecule has 0 bridgehead atoms. The molecule has 0 aliphatic heterocycles. The first-order valence-corrected chi connectivity index (χ1v) is 6.47. The molecule has 98 valence electrons. The lowest BCUT2D eigenvalue weighted by Gasteiger charge is -2.26. The zero-order chi connectivity index (χ0) is 12.7. The van der Waals surface area contributed by atoms with Crippen LogP contribution in [0, 0.1) is 0 Å². The van der Waals surface area contributed by atoms with E-state index in [0.717, 1.165) is 31.6 Å².